The monoisotopic (exact) mass is 317 g/mol. The van der Waals surface area contributed by atoms with Crippen LogP contribution in [0.2, 0.25) is 0 Å². The summed E-state index contributed by atoms with van der Waals surface area (Å²) in [6.45, 7) is 3.89. The van der Waals surface area contributed by atoms with Crippen LogP contribution in [0.3, 0.4) is 0 Å². The van der Waals surface area contributed by atoms with Gasteiger partial charge in [-0.2, -0.15) is 5.26 Å². The summed E-state index contributed by atoms with van der Waals surface area (Å²) < 4.78 is 0. The topological polar surface area (TPSA) is 69.5 Å². The summed E-state index contributed by atoms with van der Waals surface area (Å²) in [4.78, 5) is 19.0. The van der Waals surface area contributed by atoms with E-state index in [4.69, 9.17) is 0 Å². The van der Waals surface area contributed by atoms with Gasteiger partial charge in [0, 0.05) is 23.5 Å². The van der Waals surface area contributed by atoms with E-state index in [9.17, 15) is 10.1 Å². The van der Waals surface area contributed by atoms with Crippen LogP contribution in [0.4, 0.5) is 0 Å². The maximum absolute atomic E-state index is 12.1. The second kappa shape index (κ2) is 6.29. The van der Waals surface area contributed by atoms with Crippen molar-refractivity contribution in [2.75, 3.05) is 0 Å². The van der Waals surface area contributed by atoms with Crippen LogP contribution >= 0.6 is 0 Å². The minimum absolute atomic E-state index is 0.0602. The Morgan fingerprint density at radius 2 is 1.96 bits per heavy atom. The van der Waals surface area contributed by atoms with Crippen LogP contribution in [-0.4, -0.2) is 9.97 Å². The summed E-state index contributed by atoms with van der Waals surface area (Å²) in [5, 5.41) is 10.8. The third-order valence-corrected chi connectivity index (χ3v) is 4.49. The van der Waals surface area contributed by atoms with Gasteiger partial charge in [0.05, 0.1) is 11.5 Å². The Balaban J connectivity index is 2.06. The van der Waals surface area contributed by atoms with Gasteiger partial charge in [0.25, 0.3) is 5.56 Å². The fourth-order valence-electron chi connectivity index (χ4n) is 2.97. The fourth-order valence-corrected chi connectivity index (χ4v) is 2.97. The molecule has 1 N–H and O–H groups in total. The summed E-state index contributed by atoms with van der Waals surface area (Å²) in [6, 6.07) is 14.1. The molecule has 0 amide bonds. The number of nitriles is 1. The molecule has 1 unspecified atom stereocenters. The van der Waals surface area contributed by atoms with E-state index in [-0.39, 0.29) is 5.56 Å². The molecule has 0 saturated carbocycles. The number of fused-ring (bicyclic) bond motifs is 1. The van der Waals surface area contributed by atoms with Crippen LogP contribution < -0.4 is 5.56 Å². The van der Waals surface area contributed by atoms with Gasteiger partial charge < -0.3 is 4.98 Å². The second-order valence-corrected chi connectivity index (χ2v) is 6.26. The molecule has 2 heterocycles. The lowest BCUT2D eigenvalue weighted by atomic mass is 9.78. The molecular weight excluding hydrogens is 298 g/mol. The maximum atomic E-state index is 12.1. The predicted octanol–water partition coefficient (Wildman–Crippen LogP) is 3.51. The van der Waals surface area contributed by atoms with E-state index in [1.807, 2.05) is 50.2 Å². The van der Waals surface area contributed by atoms with Gasteiger partial charge in [-0.05, 0) is 60.5 Å². The van der Waals surface area contributed by atoms with Crippen molar-refractivity contribution in [2.24, 2.45) is 0 Å². The lowest BCUT2D eigenvalue weighted by molar-refractivity contribution is 0.606. The highest BCUT2D eigenvalue weighted by Gasteiger charge is 2.27. The number of aryl methyl sites for hydroxylation is 1. The number of pyridine rings is 2. The molecule has 24 heavy (non-hydrogen) atoms. The van der Waals surface area contributed by atoms with E-state index in [1.54, 1.807) is 12.4 Å². The zero-order chi connectivity index (χ0) is 17.2. The number of hydrogen-bond acceptors (Lipinski definition) is 3. The van der Waals surface area contributed by atoms with Crippen LogP contribution in [0.1, 0.15) is 30.5 Å². The average Bonchev–Trinajstić information content (AvgIpc) is 2.61. The van der Waals surface area contributed by atoms with Crippen molar-refractivity contribution in [2.45, 2.75) is 32.1 Å². The Labute approximate surface area is 140 Å². The number of benzene rings is 1. The Kier molecular flexibility index (Phi) is 4.18. The molecule has 2 aromatic heterocycles. The van der Waals surface area contributed by atoms with Crippen LogP contribution in [0.15, 0.2) is 53.6 Å². The first-order valence-corrected chi connectivity index (χ1v) is 8.02. The molecule has 0 aliphatic heterocycles. The van der Waals surface area contributed by atoms with Crippen molar-refractivity contribution in [3.8, 4) is 6.07 Å². The zero-order valence-corrected chi connectivity index (χ0v) is 13.8. The number of nitrogens with zero attached hydrogens (tertiary/aromatic N) is 2. The molecule has 4 nitrogen and oxygen atoms in total. The Bertz CT molecular complexity index is 970. The van der Waals surface area contributed by atoms with Crippen LogP contribution in [-0.2, 0) is 18.3 Å². The lowest BCUT2D eigenvalue weighted by Gasteiger charge is -2.22. The fraction of sp³-hybridized carbons (Fsp3) is 0.250. The van der Waals surface area contributed by atoms with Gasteiger partial charge >= 0.3 is 0 Å². The standard InChI is InChI=1S/C20H19N3O/c1-3-15-10-16-4-5-17(11-18(16)23-19(15)24)20(2,13-21)12-14-6-8-22-9-7-14/h4-11H,3,12H2,1-2H3,(H,23,24). The third kappa shape index (κ3) is 2.93. The highest BCUT2D eigenvalue weighted by molar-refractivity contribution is 5.80. The zero-order valence-electron chi connectivity index (χ0n) is 13.8. The van der Waals surface area contributed by atoms with Gasteiger partial charge in [0.1, 0.15) is 0 Å². The second-order valence-electron chi connectivity index (χ2n) is 6.26. The van der Waals surface area contributed by atoms with E-state index < -0.39 is 5.41 Å². The molecule has 3 aromatic rings. The highest BCUT2D eigenvalue weighted by Crippen LogP contribution is 2.29. The van der Waals surface area contributed by atoms with Crippen LogP contribution in [0.5, 0.6) is 0 Å². The van der Waals surface area contributed by atoms with Crippen LogP contribution in [0, 0.1) is 11.3 Å². The number of nitrogens with one attached hydrogen (secondary N) is 1. The van der Waals surface area contributed by atoms with Gasteiger partial charge in [0.15, 0.2) is 0 Å². The molecule has 1 atom stereocenters. The Hall–Kier alpha value is -2.93. The maximum Gasteiger partial charge on any atom is 0.251 e. The first-order chi connectivity index (χ1) is 11.6. The first-order valence-electron chi connectivity index (χ1n) is 8.02. The molecule has 3 rings (SSSR count). The van der Waals surface area contributed by atoms with E-state index in [1.165, 1.54) is 0 Å². The molecular formula is C20H19N3O. The smallest absolute Gasteiger partial charge is 0.251 e. The largest absolute Gasteiger partial charge is 0.322 e. The van der Waals surface area contributed by atoms with E-state index >= 15 is 0 Å². The Morgan fingerprint density at radius 1 is 1.21 bits per heavy atom. The number of H-pyrrole nitrogens is 1. The third-order valence-electron chi connectivity index (χ3n) is 4.49. The molecule has 0 saturated heterocycles. The molecule has 4 heteroatoms. The summed E-state index contributed by atoms with van der Waals surface area (Å²) >= 11 is 0. The van der Waals surface area contributed by atoms with Gasteiger partial charge in [-0.25, -0.2) is 0 Å². The molecule has 0 spiro atoms. The molecule has 0 aliphatic carbocycles. The SMILES string of the molecule is CCc1cc2ccc(C(C)(C#N)Cc3ccncc3)cc2[nH]c1=O. The normalized spacial score (nSPS) is 13.4. The van der Waals surface area contributed by atoms with Crippen molar-refractivity contribution in [3.63, 3.8) is 0 Å². The summed E-state index contributed by atoms with van der Waals surface area (Å²) in [7, 11) is 0. The van der Waals surface area contributed by atoms with E-state index in [2.05, 4.69) is 16.0 Å². The summed E-state index contributed by atoms with van der Waals surface area (Å²) in [6.07, 6.45) is 4.76. The van der Waals surface area contributed by atoms with Gasteiger partial charge in [-0.3, -0.25) is 9.78 Å². The molecule has 1 aromatic carbocycles. The first kappa shape index (κ1) is 15.9. The number of hydrogen-bond donors (Lipinski definition) is 1. The van der Waals surface area contributed by atoms with E-state index in [0.717, 1.165) is 27.6 Å². The van der Waals surface area contributed by atoms with Crippen molar-refractivity contribution in [1.82, 2.24) is 9.97 Å². The summed E-state index contributed by atoms with van der Waals surface area (Å²) in [5.74, 6) is 0. The van der Waals surface area contributed by atoms with Crippen molar-refractivity contribution in [3.05, 3.63) is 75.8 Å². The quantitative estimate of drug-likeness (QED) is 0.800. The lowest BCUT2D eigenvalue weighted by Crippen LogP contribution is -2.23. The summed E-state index contributed by atoms with van der Waals surface area (Å²) in [5.41, 5.74) is 2.77. The van der Waals surface area contributed by atoms with Gasteiger partial charge in [-0.15, -0.1) is 0 Å². The van der Waals surface area contributed by atoms with E-state index in [0.29, 0.717) is 12.8 Å². The van der Waals surface area contributed by atoms with Gasteiger partial charge in [0.2, 0.25) is 0 Å². The molecule has 0 radical (unpaired) electrons. The van der Waals surface area contributed by atoms with Crippen LogP contribution in [0.25, 0.3) is 10.9 Å². The number of aromatic amines is 1. The van der Waals surface area contributed by atoms with Crippen molar-refractivity contribution >= 4 is 10.9 Å². The number of aromatic nitrogens is 2. The van der Waals surface area contributed by atoms with Gasteiger partial charge in [-0.1, -0.05) is 19.1 Å². The molecule has 120 valence electrons. The van der Waals surface area contributed by atoms with Crippen molar-refractivity contribution < 1.29 is 0 Å². The van der Waals surface area contributed by atoms with Crippen molar-refractivity contribution in [1.29, 1.82) is 5.26 Å². The number of rotatable bonds is 4. The molecule has 0 aliphatic rings. The molecule has 0 bridgehead atoms. The Morgan fingerprint density at radius 3 is 2.62 bits per heavy atom. The minimum atomic E-state index is -0.671. The average molecular weight is 317 g/mol. The molecule has 0 fully saturated rings. The minimum Gasteiger partial charge on any atom is -0.322 e. The highest BCUT2D eigenvalue weighted by atomic mass is 16.1. The predicted molar refractivity (Wildman–Crippen MR) is 94.9 cm³/mol.